The first-order valence-electron chi connectivity index (χ1n) is 8.00. The lowest BCUT2D eigenvalue weighted by atomic mass is 9.96. The number of piperidine rings is 1. The summed E-state index contributed by atoms with van der Waals surface area (Å²) in [5.74, 6) is 0. The average molecular weight is 335 g/mol. The maximum atomic E-state index is 10.2. The molecule has 3 aliphatic heterocycles. The number of hydrogen-bond donors (Lipinski definition) is 6. The van der Waals surface area contributed by atoms with Crippen LogP contribution in [0.5, 0.6) is 0 Å². The molecule has 0 aliphatic carbocycles. The Labute approximate surface area is 133 Å². The minimum absolute atomic E-state index is 0.351. The first-order chi connectivity index (χ1) is 10.9. The second-order valence-corrected chi connectivity index (χ2v) is 6.56. The number of ether oxygens (including phenoxy) is 2. The zero-order valence-corrected chi connectivity index (χ0v) is 12.7. The molecule has 3 saturated heterocycles. The average Bonchev–Trinajstić information content (AvgIpc) is 2.85. The summed E-state index contributed by atoms with van der Waals surface area (Å²) in [6.07, 6.45) is -7.75. The topological polar surface area (TPSA) is 143 Å². The Morgan fingerprint density at radius 1 is 1.00 bits per heavy atom. The van der Waals surface area contributed by atoms with Gasteiger partial charge in [0.05, 0.1) is 24.9 Å². The van der Waals surface area contributed by atoms with Crippen LogP contribution in [0.1, 0.15) is 12.8 Å². The molecule has 9 atom stereocenters. The summed E-state index contributed by atoms with van der Waals surface area (Å²) in [7, 11) is 0. The van der Waals surface area contributed by atoms with Gasteiger partial charge in [0.2, 0.25) is 0 Å². The maximum absolute atomic E-state index is 10.2. The summed E-state index contributed by atoms with van der Waals surface area (Å²) in [6.45, 7) is 0.549. The molecule has 0 radical (unpaired) electrons. The fourth-order valence-corrected chi connectivity index (χ4v) is 3.78. The van der Waals surface area contributed by atoms with Gasteiger partial charge in [0, 0.05) is 6.54 Å². The zero-order valence-electron chi connectivity index (χ0n) is 12.7. The molecule has 0 aromatic heterocycles. The van der Waals surface area contributed by atoms with Gasteiger partial charge in [-0.2, -0.15) is 0 Å². The summed E-state index contributed by atoms with van der Waals surface area (Å²) < 4.78 is 11.0. The first kappa shape index (κ1) is 17.5. The molecule has 0 spiro atoms. The van der Waals surface area contributed by atoms with Gasteiger partial charge in [0.1, 0.15) is 30.5 Å². The third kappa shape index (κ3) is 3.13. The Morgan fingerprint density at radius 3 is 2.43 bits per heavy atom. The fourth-order valence-electron chi connectivity index (χ4n) is 3.78. The van der Waals surface area contributed by atoms with Gasteiger partial charge < -0.3 is 40.1 Å². The van der Waals surface area contributed by atoms with Crippen LogP contribution >= 0.6 is 0 Å². The van der Waals surface area contributed by atoms with Crippen molar-refractivity contribution < 1.29 is 40.1 Å². The lowest BCUT2D eigenvalue weighted by Crippen LogP contribution is -2.61. The monoisotopic (exact) mass is 335 g/mol. The van der Waals surface area contributed by atoms with Crippen LogP contribution in [-0.4, -0.2) is 110 Å². The van der Waals surface area contributed by atoms with Gasteiger partial charge in [0.25, 0.3) is 0 Å². The Bertz CT molecular complexity index is 410. The number of rotatable bonds is 3. The van der Waals surface area contributed by atoms with Crippen LogP contribution in [0.25, 0.3) is 0 Å². The van der Waals surface area contributed by atoms with Gasteiger partial charge in [-0.3, -0.25) is 4.90 Å². The van der Waals surface area contributed by atoms with Crippen LogP contribution in [0.4, 0.5) is 0 Å². The van der Waals surface area contributed by atoms with E-state index in [9.17, 15) is 30.6 Å². The van der Waals surface area contributed by atoms with Crippen molar-refractivity contribution in [2.24, 2.45) is 0 Å². The van der Waals surface area contributed by atoms with Gasteiger partial charge in [-0.05, 0) is 19.4 Å². The lowest BCUT2D eigenvalue weighted by molar-refractivity contribution is -0.318. The van der Waals surface area contributed by atoms with E-state index in [0.717, 1.165) is 13.0 Å². The van der Waals surface area contributed by atoms with E-state index in [1.54, 1.807) is 0 Å². The van der Waals surface area contributed by atoms with Crippen molar-refractivity contribution in [1.29, 1.82) is 0 Å². The van der Waals surface area contributed by atoms with Crippen molar-refractivity contribution in [2.75, 3.05) is 19.7 Å². The fraction of sp³-hybridized carbons (Fsp3) is 1.00. The van der Waals surface area contributed by atoms with Crippen molar-refractivity contribution in [1.82, 2.24) is 4.90 Å². The summed E-state index contributed by atoms with van der Waals surface area (Å²) in [6, 6.07) is -0.411. The number of nitrogens with zero attached hydrogens (tertiary/aromatic N) is 1. The van der Waals surface area contributed by atoms with Crippen LogP contribution in [0.3, 0.4) is 0 Å². The molecule has 134 valence electrons. The predicted octanol–water partition coefficient (Wildman–Crippen LogP) is -3.63. The Kier molecular flexibility index (Phi) is 5.21. The SMILES string of the molecule is OC[C@H]1O[C@H](O[C@H]2[C@H]3[C@H](O)CCCN3C[C@H]2O)[C@H](O)[C@@H](O)[C@@H]1O. The molecule has 3 heterocycles. The van der Waals surface area contributed by atoms with Crippen LogP contribution in [-0.2, 0) is 9.47 Å². The number of hydrogen-bond acceptors (Lipinski definition) is 9. The molecule has 0 aromatic rings. The van der Waals surface area contributed by atoms with E-state index in [4.69, 9.17) is 9.47 Å². The lowest BCUT2D eigenvalue weighted by Gasteiger charge is -2.42. The van der Waals surface area contributed by atoms with Crippen molar-refractivity contribution in [2.45, 2.75) is 67.9 Å². The summed E-state index contributed by atoms with van der Waals surface area (Å²) in [5.41, 5.74) is 0. The van der Waals surface area contributed by atoms with Crippen LogP contribution in [0.15, 0.2) is 0 Å². The minimum Gasteiger partial charge on any atom is -0.394 e. The quantitative estimate of drug-likeness (QED) is 0.308. The van der Waals surface area contributed by atoms with E-state index in [1.165, 1.54) is 0 Å². The van der Waals surface area contributed by atoms with E-state index in [1.807, 2.05) is 4.90 Å². The Morgan fingerprint density at radius 2 is 1.74 bits per heavy atom. The Hall–Kier alpha value is -0.360. The molecule has 3 rings (SSSR count). The molecule has 3 aliphatic rings. The highest BCUT2D eigenvalue weighted by molar-refractivity contribution is 5.01. The van der Waals surface area contributed by atoms with Crippen LogP contribution in [0.2, 0.25) is 0 Å². The highest BCUT2D eigenvalue weighted by atomic mass is 16.7. The predicted molar refractivity (Wildman–Crippen MR) is 75.2 cm³/mol. The van der Waals surface area contributed by atoms with E-state index in [0.29, 0.717) is 13.0 Å². The standard InChI is InChI=1S/C14H25NO8/c16-5-8-10(19)11(20)12(21)14(22-8)23-13-7(18)4-15-3-1-2-6(17)9(13)15/h6-14,16-21H,1-5H2/t6-,7-,8-,9-,10-,11+,12-,13-,14-/m1/s1. The molecule has 0 aromatic carbocycles. The molecule has 0 bridgehead atoms. The van der Waals surface area contributed by atoms with E-state index in [-0.39, 0.29) is 0 Å². The molecule has 6 N–H and O–H groups in total. The molecule has 0 saturated carbocycles. The minimum atomic E-state index is -1.53. The molecule has 3 fully saturated rings. The number of aliphatic hydroxyl groups is 6. The molecule has 9 heteroatoms. The van der Waals surface area contributed by atoms with Gasteiger partial charge in [0.15, 0.2) is 6.29 Å². The second kappa shape index (κ2) is 6.87. The molecular weight excluding hydrogens is 310 g/mol. The third-order valence-electron chi connectivity index (χ3n) is 5.04. The first-order valence-corrected chi connectivity index (χ1v) is 8.00. The van der Waals surface area contributed by atoms with Crippen molar-refractivity contribution in [3.8, 4) is 0 Å². The van der Waals surface area contributed by atoms with E-state index < -0.39 is 61.7 Å². The van der Waals surface area contributed by atoms with E-state index >= 15 is 0 Å². The molecule has 23 heavy (non-hydrogen) atoms. The molecular formula is C14H25NO8. The number of fused-ring (bicyclic) bond motifs is 1. The summed E-state index contributed by atoms with van der Waals surface area (Å²) in [5, 5.41) is 59.2. The molecule has 0 amide bonds. The summed E-state index contributed by atoms with van der Waals surface area (Å²) in [4.78, 5) is 1.94. The normalized spacial score (nSPS) is 51.7. The van der Waals surface area contributed by atoms with Gasteiger partial charge >= 0.3 is 0 Å². The van der Waals surface area contributed by atoms with Crippen molar-refractivity contribution in [3.63, 3.8) is 0 Å². The van der Waals surface area contributed by atoms with Crippen LogP contribution in [0, 0.1) is 0 Å². The highest BCUT2D eigenvalue weighted by Gasteiger charge is 2.51. The number of aliphatic hydroxyl groups excluding tert-OH is 6. The highest BCUT2D eigenvalue weighted by Crippen LogP contribution is 2.32. The maximum Gasteiger partial charge on any atom is 0.187 e. The zero-order chi connectivity index (χ0) is 16.7. The Balaban J connectivity index is 1.72. The smallest absolute Gasteiger partial charge is 0.187 e. The van der Waals surface area contributed by atoms with Gasteiger partial charge in [-0.15, -0.1) is 0 Å². The third-order valence-corrected chi connectivity index (χ3v) is 5.04. The second-order valence-electron chi connectivity index (χ2n) is 6.56. The van der Waals surface area contributed by atoms with Crippen molar-refractivity contribution >= 4 is 0 Å². The van der Waals surface area contributed by atoms with Gasteiger partial charge in [-0.25, -0.2) is 0 Å². The molecule has 9 nitrogen and oxygen atoms in total. The largest absolute Gasteiger partial charge is 0.394 e. The van der Waals surface area contributed by atoms with Gasteiger partial charge in [-0.1, -0.05) is 0 Å². The van der Waals surface area contributed by atoms with Crippen LogP contribution < -0.4 is 0 Å². The summed E-state index contributed by atoms with van der Waals surface area (Å²) >= 11 is 0. The van der Waals surface area contributed by atoms with Crippen molar-refractivity contribution in [3.05, 3.63) is 0 Å². The van der Waals surface area contributed by atoms with E-state index in [2.05, 4.69) is 0 Å². The molecule has 0 unspecified atom stereocenters.